The quantitative estimate of drug-likeness (QED) is 0.814. The first-order valence-electron chi connectivity index (χ1n) is 4.89. The number of hydrogen-bond acceptors (Lipinski definition) is 2. The van der Waals surface area contributed by atoms with E-state index in [1.54, 1.807) is 6.07 Å². The number of rotatable bonds is 5. The van der Waals surface area contributed by atoms with E-state index < -0.39 is 0 Å². The van der Waals surface area contributed by atoms with Gasteiger partial charge in [-0.3, -0.25) is 0 Å². The second kappa shape index (κ2) is 6.05. The highest BCUT2D eigenvalue weighted by Gasteiger charge is 2.03. The summed E-state index contributed by atoms with van der Waals surface area (Å²) in [7, 11) is 0. The van der Waals surface area contributed by atoms with E-state index in [9.17, 15) is 4.39 Å². The Morgan fingerprint density at radius 3 is 2.87 bits per heavy atom. The number of halogens is 2. The number of aliphatic hydroxyl groups is 1. The summed E-state index contributed by atoms with van der Waals surface area (Å²) in [5.74, 6) is -0.114. The highest BCUT2D eigenvalue weighted by molar-refractivity contribution is 6.31. The van der Waals surface area contributed by atoms with Gasteiger partial charge in [-0.25, -0.2) is 4.39 Å². The molecule has 0 spiro atoms. The predicted molar refractivity (Wildman–Crippen MR) is 59.4 cm³/mol. The molecule has 15 heavy (non-hydrogen) atoms. The Bertz CT molecular complexity index is 319. The van der Waals surface area contributed by atoms with E-state index in [1.165, 1.54) is 12.1 Å². The van der Waals surface area contributed by atoms with E-state index in [-0.39, 0.29) is 18.3 Å². The van der Waals surface area contributed by atoms with Gasteiger partial charge in [-0.05, 0) is 23.6 Å². The van der Waals surface area contributed by atoms with Gasteiger partial charge in [0, 0.05) is 24.7 Å². The van der Waals surface area contributed by atoms with Crippen molar-refractivity contribution in [1.82, 2.24) is 5.32 Å². The van der Waals surface area contributed by atoms with Crippen LogP contribution in [0.1, 0.15) is 12.5 Å². The van der Waals surface area contributed by atoms with Crippen molar-refractivity contribution in [3.05, 3.63) is 34.6 Å². The maximum Gasteiger partial charge on any atom is 0.124 e. The molecule has 2 nitrogen and oxygen atoms in total. The average Bonchev–Trinajstić information content (AvgIpc) is 2.21. The molecular weight excluding hydrogens is 217 g/mol. The van der Waals surface area contributed by atoms with E-state index >= 15 is 0 Å². The first-order chi connectivity index (χ1) is 7.13. The molecule has 84 valence electrons. The number of benzene rings is 1. The predicted octanol–water partition coefficient (Wildman–Crippen LogP) is 2.20. The van der Waals surface area contributed by atoms with Crippen LogP contribution < -0.4 is 5.32 Å². The van der Waals surface area contributed by atoms with Crippen LogP contribution in [0.3, 0.4) is 0 Å². The smallest absolute Gasteiger partial charge is 0.124 e. The van der Waals surface area contributed by atoms with Crippen LogP contribution in [-0.2, 0) is 6.54 Å². The molecule has 0 fully saturated rings. The largest absolute Gasteiger partial charge is 0.396 e. The van der Waals surface area contributed by atoms with Crippen molar-refractivity contribution in [2.24, 2.45) is 5.92 Å². The highest BCUT2D eigenvalue weighted by atomic mass is 35.5. The molecule has 1 aromatic carbocycles. The van der Waals surface area contributed by atoms with E-state index in [0.29, 0.717) is 18.1 Å². The maximum absolute atomic E-state index is 12.7. The molecule has 4 heteroatoms. The SMILES string of the molecule is CC(CO)CNCc1ccc(F)cc1Cl. The van der Waals surface area contributed by atoms with Gasteiger partial charge >= 0.3 is 0 Å². The minimum absolute atomic E-state index is 0.157. The number of hydrogen-bond donors (Lipinski definition) is 2. The second-order valence-electron chi connectivity index (χ2n) is 3.65. The van der Waals surface area contributed by atoms with Gasteiger partial charge in [0.2, 0.25) is 0 Å². The van der Waals surface area contributed by atoms with E-state index in [2.05, 4.69) is 5.32 Å². The third kappa shape index (κ3) is 4.16. The minimum Gasteiger partial charge on any atom is -0.396 e. The van der Waals surface area contributed by atoms with Gasteiger partial charge in [-0.15, -0.1) is 0 Å². The van der Waals surface area contributed by atoms with Gasteiger partial charge in [-0.1, -0.05) is 24.6 Å². The Morgan fingerprint density at radius 2 is 2.27 bits per heavy atom. The lowest BCUT2D eigenvalue weighted by molar-refractivity contribution is 0.233. The summed E-state index contributed by atoms with van der Waals surface area (Å²) in [6.07, 6.45) is 0. The topological polar surface area (TPSA) is 32.3 Å². The average molecular weight is 232 g/mol. The molecule has 0 amide bonds. The summed E-state index contributed by atoms with van der Waals surface area (Å²) >= 11 is 5.85. The minimum atomic E-state index is -0.326. The second-order valence-corrected chi connectivity index (χ2v) is 4.06. The third-order valence-corrected chi connectivity index (χ3v) is 2.49. The molecule has 0 aromatic heterocycles. The van der Waals surface area contributed by atoms with Crippen LogP contribution in [0.25, 0.3) is 0 Å². The molecular formula is C11H15ClFNO. The molecule has 0 saturated heterocycles. The molecule has 0 aliphatic heterocycles. The zero-order valence-corrected chi connectivity index (χ0v) is 9.39. The highest BCUT2D eigenvalue weighted by Crippen LogP contribution is 2.16. The van der Waals surface area contributed by atoms with Crippen LogP contribution in [0.2, 0.25) is 5.02 Å². The summed E-state index contributed by atoms with van der Waals surface area (Å²) in [6.45, 7) is 3.40. The van der Waals surface area contributed by atoms with Crippen LogP contribution in [0.4, 0.5) is 4.39 Å². The molecule has 0 aliphatic rings. The molecule has 1 rings (SSSR count). The maximum atomic E-state index is 12.7. The number of aliphatic hydroxyl groups excluding tert-OH is 1. The molecule has 0 radical (unpaired) electrons. The molecule has 1 aromatic rings. The Kier molecular flexibility index (Phi) is 5.02. The Morgan fingerprint density at radius 1 is 1.53 bits per heavy atom. The summed E-state index contributed by atoms with van der Waals surface area (Å²) < 4.78 is 12.7. The van der Waals surface area contributed by atoms with Crippen LogP contribution in [0.15, 0.2) is 18.2 Å². The zero-order chi connectivity index (χ0) is 11.3. The molecule has 1 unspecified atom stereocenters. The van der Waals surface area contributed by atoms with Crippen molar-refractivity contribution >= 4 is 11.6 Å². The Labute approximate surface area is 94.1 Å². The van der Waals surface area contributed by atoms with Gasteiger partial charge < -0.3 is 10.4 Å². The zero-order valence-electron chi connectivity index (χ0n) is 8.63. The lowest BCUT2D eigenvalue weighted by Gasteiger charge is -2.10. The summed E-state index contributed by atoms with van der Waals surface area (Å²) in [4.78, 5) is 0. The van der Waals surface area contributed by atoms with Crippen molar-refractivity contribution in [3.63, 3.8) is 0 Å². The molecule has 2 N–H and O–H groups in total. The van der Waals surface area contributed by atoms with Gasteiger partial charge in [0.05, 0.1) is 0 Å². The summed E-state index contributed by atoms with van der Waals surface area (Å²) in [6, 6.07) is 4.35. The van der Waals surface area contributed by atoms with E-state index in [1.807, 2.05) is 6.92 Å². The molecule has 0 heterocycles. The van der Waals surface area contributed by atoms with Gasteiger partial charge in [0.1, 0.15) is 5.82 Å². The first-order valence-corrected chi connectivity index (χ1v) is 5.26. The summed E-state index contributed by atoms with van der Waals surface area (Å²) in [5.41, 5.74) is 0.864. The van der Waals surface area contributed by atoms with Crippen molar-refractivity contribution in [1.29, 1.82) is 0 Å². The Hall–Kier alpha value is -0.640. The molecule has 0 saturated carbocycles. The van der Waals surface area contributed by atoms with Crippen LogP contribution in [0.5, 0.6) is 0 Å². The molecule has 1 atom stereocenters. The normalized spacial score (nSPS) is 12.8. The molecule has 0 bridgehead atoms. The Balaban J connectivity index is 2.44. The first kappa shape index (κ1) is 12.4. The lowest BCUT2D eigenvalue weighted by Crippen LogP contribution is -2.22. The third-order valence-electron chi connectivity index (χ3n) is 2.14. The fourth-order valence-electron chi connectivity index (χ4n) is 1.18. The van der Waals surface area contributed by atoms with Crippen molar-refractivity contribution in [3.8, 4) is 0 Å². The molecule has 0 aliphatic carbocycles. The standard InChI is InChI=1S/C11H15ClFNO/c1-8(7-15)5-14-6-9-2-3-10(13)4-11(9)12/h2-4,8,14-15H,5-7H2,1H3. The fraction of sp³-hybridized carbons (Fsp3) is 0.455. The van der Waals surface area contributed by atoms with Crippen LogP contribution >= 0.6 is 11.6 Å². The van der Waals surface area contributed by atoms with Gasteiger partial charge in [0.25, 0.3) is 0 Å². The van der Waals surface area contributed by atoms with Crippen LogP contribution in [0, 0.1) is 11.7 Å². The van der Waals surface area contributed by atoms with Gasteiger partial charge in [-0.2, -0.15) is 0 Å². The monoisotopic (exact) mass is 231 g/mol. The fourth-order valence-corrected chi connectivity index (χ4v) is 1.42. The van der Waals surface area contributed by atoms with Crippen molar-refractivity contribution in [2.75, 3.05) is 13.2 Å². The van der Waals surface area contributed by atoms with Crippen molar-refractivity contribution in [2.45, 2.75) is 13.5 Å². The number of nitrogens with one attached hydrogen (secondary N) is 1. The summed E-state index contributed by atoms with van der Waals surface area (Å²) in [5, 5.41) is 12.4. The van der Waals surface area contributed by atoms with Crippen LogP contribution in [-0.4, -0.2) is 18.3 Å². The van der Waals surface area contributed by atoms with Crippen molar-refractivity contribution < 1.29 is 9.50 Å². The van der Waals surface area contributed by atoms with E-state index in [4.69, 9.17) is 16.7 Å². The van der Waals surface area contributed by atoms with E-state index in [0.717, 1.165) is 5.56 Å². The van der Waals surface area contributed by atoms with Gasteiger partial charge in [0.15, 0.2) is 0 Å². The lowest BCUT2D eigenvalue weighted by atomic mass is 10.2.